The van der Waals surface area contributed by atoms with Gasteiger partial charge in [0.2, 0.25) is 0 Å². The van der Waals surface area contributed by atoms with Crippen LogP contribution in [0.4, 0.5) is 10.5 Å². The minimum Gasteiger partial charge on any atom is -0.323 e. The van der Waals surface area contributed by atoms with Gasteiger partial charge in [0.15, 0.2) is 0 Å². The number of fused-ring (bicyclic) bond motifs is 1. The lowest BCUT2D eigenvalue weighted by atomic mass is 10.2. The Hall–Kier alpha value is -1.59. The summed E-state index contributed by atoms with van der Waals surface area (Å²) in [5.74, 6) is 0. The molecule has 0 radical (unpaired) electrons. The van der Waals surface area contributed by atoms with E-state index in [4.69, 9.17) is 0 Å². The molecule has 0 unspecified atom stereocenters. The first kappa shape index (κ1) is 13.4. The van der Waals surface area contributed by atoms with Crippen LogP contribution in [-0.2, 0) is 0 Å². The van der Waals surface area contributed by atoms with Crippen LogP contribution < -0.4 is 5.32 Å². The maximum atomic E-state index is 12.4. The molecule has 1 saturated heterocycles. The molecule has 1 fully saturated rings. The molecule has 1 aromatic heterocycles. The van der Waals surface area contributed by atoms with Crippen molar-refractivity contribution in [1.82, 2.24) is 9.80 Å². The predicted molar refractivity (Wildman–Crippen MR) is 84.5 cm³/mol. The summed E-state index contributed by atoms with van der Waals surface area (Å²) >= 11 is 1.67. The van der Waals surface area contributed by atoms with Crippen LogP contribution in [0.5, 0.6) is 0 Å². The Labute approximate surface area is 123 Å². The summed E-state index contributed by atoms with van der Waals surface area (Å²) < 4.78 is 1.15. The average molecular weight is 289 g/mol. The number of carbonyl (C=O) groups is 1. The molecule has 2 amide bonds. The van der Waals surface area contributed by atoms with E-state index >= 15 is 0 Å². The van der Waals surface area contributed by atoms with Crippen LogP contribution in [0.3, 0.4) is 0 Å². The lowest BCUT2D eigenvalue weighted by molar-refractivity contribution is 0.213. The van der Waals surface area contributed by atoms with Gasteiger partial charge in [0.05, 0.1) is 10.4 Å². The molecule has 1 aliphatic heterocycles. The van der Waals surface area contributed by atoms with E-state index in [1.165, 1.54) is 5.39 Å². The van der Waals surface area contributed by atoms with Crippen LogP contribution in [-0.4, -0.2) is 49.1 Å². The largest absolute Gasteiger partial charge is 0.323 e. The molecule has 20 heavy (non-hydrogen) atoms. The third kappa shape index (κ3) is 2.78. The van der Waals surface area contributed by atoms with Crippen LogP contribution in [0.15, 0.2) is 29.6 Å². The fourth-order valence-corrected chi connectivity index (χ4v) is 3.40. The first-order valence-electron chi connectivity index (χ1n) is 6.95. The van der Waals surface area contributed by atoms with Crippen LogP contribution >= 0.6 is 11.3 Å². The van der Waals surface area contributed by atoms with Crippen molar-refractivity contribution in [2.24, 2.45) is 0 Å². The third-order valence-corrected chi connectivity index (χ3v) is 4.69. The van der Waals surface area contributed by atoms with Gasteiger partial charge in [-0.15, -0.1) is 11.3 Å². The van der Waals surface area contributed by atoms with Crippen molar-refractivity contribution in [3.05, 3.63) is 29.6 Å². The van der Waals surface area contributed by atoms with Gasteiger partial charge in [0.1, 0.15) is 0 Å². The summed E-state index contributed by atoms with van der Waals surface area (Å²) in [5, 5.41) is 6.30. The van der Waals surface area contributed by atoms with Gasteiger partial charge in [0.25, 0.3) is 0 Å². The highest BCUT2D eigenvalue weighted by atomic mass is 32.1. The van der Waals surface area contributed by atoms with Gasteiger partial charge in [-0.1, -0.05) is 12.1 Å². The van der Waals surface area contributed by atoms with Gasteiger partial charge in [-0.2, -0.15) is 0 Å². The number of benzene rings is 1. The Morgan fingerprint density at radius 2 is 2.10 bits per heavy atom. The van der Waals surface area contributed by atoms with Crippen molar-refractivity contribution in [3.63, 3.8) is 0 Å². The number of amides is 2. The third-order valence-electron chi connectivity index (χ3n) is 3.73. The molecule has 2 aromatic rings. The van der Waals surface area contributed by atoms with Gasteiger partial charge in [-0.3, -0.25) is 0 Å². The van der Waals surface area contributed by atoms with Gasteiger partial charge in [-0.25, -0.2) is 4.79 Å². The lowest BCUT2D eigenvalue weighted by Gasteiger charge is -2.21. The van der Waals surface area contributed by atoms with Gasteiger partial charge in [-0.05, 0) is 42.9 Å². The summed E-state index contributed by atoms with van der Waals surface area (Å²) in [4.78, 5) is 16.6. The highest BCUT2D eigenvalue weighted by Crippen LogP contribution is 2.28. The zero-order valence-corrected chi connectivity index (χ0v) is 12.4. The van der Waals surface area contributed by atoms with E-state index in [1.807, 2.05) is 17.0 Å². The van der Waals surface area contributed by atoms with Gasteiger partial charge in [0, 0.05) is 19.6 Å². The molecule has 1 aromatic carbocycles. The molecular formula is C15H19N3OS. The number of urea groups is 1. The van der Waals surface area contributed by atoms with Crippen molar-refractivity contribution in [2.45, 2.75) is 6.42 Å². The van der Waals surface area contributed by atoms with Crippen LogP contribution in [0.2, 0.25) is 0 Å². The number of likely N-dealkylation sites (N-methyl/N-ethyl adjacent to an activating group) is 1. The number of rotatable bonds is 1. The zero-order valence-electron chi connectivity index (χ0n) is 11.6. The number of carbonyl (C=O) groups excluding carboxylic acids is 1. The topological polar surface area (TPSA) is 35.6 Å². The number of hydrogen-bond donors (Lipinski definition) is 1. The van der Waals surface area contributed by atoms with E-state index in [2.05, 4.69) is 34.8 Å². The first-order valence-corrected chi connectivity index (χ1v) is 7.83. The number of nitrogens with zero attached hydrogens (tertiary/aromatic N) is 2. The van der Waals surface area contributed by atoms with Crippen molar-refractivity contribution in [1.29, 1.82) is 0 Å². The summed E-state index contributed by atoms with van der Waals surface area (Å²) in [7, 11) is 2.10. The fraction of sp³-hybridized carbons (Fsp3) is 0.400. The molecule has 1 aliphatic rings. The Morgan fingerprint density at radius 1 is 1.20 bits per heavy atom. The van der Waals surface area contributed by atoms with E-state index in [0.717, 1.165) is 43.0 Å². The molecule has 0 atom stereocenters. The molecule has 2 heterocycles. The van der Waals surface area contributed by atoms with Crippen LogP contribution in [0, 0.1) is 0 Å². The number of thiophene rings is 1. The number of hydrogen-bond acceptors (Lipinski definition) is 3. The molecule has 3 rings (SSSR count). The SMILES string of the molecule is CN1CCCN(C(=O)Nc2cccc3ccsc23)CC1. The summed E-state index contributed by atoms with van der Waals surface area (Å²) in [6.45, 7) is 3.63. The normalized spacial score (nSPS) is 17.1. The number of nitrogens with one attached hydrogen (secondary N) is 1. The first-order chi connectivity index (χ1) is 9.74. The van der Waals surface area contributed by atoms with Crippen molar-refractivity contribution < 1.29 is 4.79 Å². The van der Waals surface area contributed by atoms with E-state index in [9.17, 15) is 4.79 Å². The monoisotopic (exact) mass is 289 g/mol. The molecule has 4 nitrogen and oxygen atoms in total. The Morgan fingerprint density at radius 3 is 3.00 bits per heavy atom. The second-order valence-electron chi connectivity index (χ2n) is 5.22. The Kier molecular flexibility index (Phi) is 3.89. The summed E-state index contributed by atoms with van der Waals surface area (Å²) in [6.07, 6.45) is 1.03. The van der Waals surface area contributed by atoms with E-state index < -0.39 is 0 Å². The summed E-state index contributed by atoms with van der Waals surface area (Å²) in [5.41, 5.74) is 0.917. The maximum absolute atomic E-state index is 12.4. The second kappa shape index (κ2) is 5.81. The van der Waals surface area contributed by atoms with E-state index in [-0.39, 0.29) is 6.03 Å². The Balaban J connectivity index is 1.73. The highest BCUT2D eigenvalue weighted by molar-refractivity contribution is 7.17. The molecule has 106 valence electrons. The summed E-state index contributed by atoms with van der Waals surface area (Å²) in [6, 6.07) is 8.13. The molecule has 0 aliphatic carbocycles. The second-order valence-corrected chi connectivity index (χ2v) is 6.13. The molecular weight excluding hydrogens is 270 g/mol. The Bertz CT molecular complexity index is 610. The van der Waals surface area contributed by atoms with Gasteiger partial charge < -0.3 is 15.1 Å². The quantitative estimate of drug-likeness (QED) is 0.875. The van der Waals surface area contributed by atoms with Gasteiger partial charge >= 0.3 is 6.03 Å². The predicted octanol–water partition coefficient (Wildman–Crippen LogP) is 3.07. The zero-order chi connectivity index (χ0) is 13.9. The van der Waals surface area contributed by atoms with Crippen LogP contribution in [0.1, 0.15) is 6.42 Å². The van der Waals surface area contributed by atoms with E-state index in [0.29, 0.717) is 0 Å². The number of anilines is 1. The highest BCUT2D eigenvalue weighted by Gasteiger charge is 2.18. The lowest BCUT2D eigenvalue weighted by Crippen LogP contribution is -2.37. The average Bonchev–Trinajstić information content (AvgIpc) is 2.82. The van der Waals surface area contributed by atoms with Crippen molar-refractivity contribution >= 4 is 33.1 Å². The standard InChI is InChI=1S/C15H19N3OS/c1-17-7-3-8-18(10-9-17)15(19)16-13-5-2-4-12-6-11-20-14(12)13/h2,4-6,11H,3,7-10H2,1H3,(H,16,19). The minimum atomic E-state index is 0.0150. The van der Waals surface area contributed by atoms with E-state index in [1.54, 1.807) is 11.3 Å². The molecule has 1 N–H and O–H groups in total. The van der Waals surface area contributed by atoms with Crippen molar-refractivity contribution in [2.75, 3.05) is 38.5 Å². The molecule has 5 heteroatoms. The molecule has 0 spiro atoms. The maximum Gasteiger partial charge on any atom is 0.321 e. The minimum absolute atomic E-state index is 0.0150. The fourth-order valence-electron chi connectivity index (χ4n) is 2.54. The van der Waals surface area contributed by atoms with Crippen molar-refractivity contribution in [3.8, 4) is 0 Å². The molecule has 0 bridgehead atoms. The molecule has 0 saturated carbocycles. The van der Waals surface area contributed by atoms with Crippen LogP contribution in [0.25, 0.3) is 10.1 Å². The smallest absolute Gasteiger partial charge is 0.321 e.